The molecule has 0 radical (unpaired) electrons. The Hall–Kier alpha value is -2.15. The van der Waals surface area contributed by atoms with Crippen LogP contribution in [0.2, 0.25) is 0 Å². The molecule has 0 aliphatic heterocycles. The summed E-state index contributed by atoms with van der Waals surface area (Å²) in [6.07, 6.45) is -2.53. The molecule has 1 aromatic carbocycles. The monoisotopic (exact) mass is 283 g/mol. The number of aliphatic hydroxyl groups is 2. The number of methoxy groups -OCH3 is 3. The molecule has 0 bridgehead atoms. The minimum absolute atomic E-state index is 0.255. The van der Waals surface area contributed by atoms with Crippen molar-refractivity contribution in [2.45, 2.75) is 12.2 Å². The van der Waals surface area contributed by atoms with Gasteiger partial charge in [-0.15, -0.1) is 0 Å². The highest BCUT2D eigenvalue weighted by molar-refractivity contribution is 5.51. The van der Waals surface area contributed by atoms with E-state index in [-0.39, 0.29) is 6.54 Å². The molecule has 0 saturated heterocycles. The fraction of sp³-hybridized carbons (Fsp3) is 0.500. The van der Waals surface area contributed by atoms with Crippen molar-refractivity contribution in [3.63, 3.8) is 0 Å². The number of benzene rings is 1. The Kier molecular flexibility index (Phi) is 5.92. The van der Waals surface area contributed by atoms with Crippen molar-refractivity contribution in [3.05, 3.63) is 28.1 Å². The Balaban J connectivity index is 3.17. The summed E-state index contributed by atoms with van der Waals surface area (Å²) in [5.41, 5.74) is 8.53. The van der Waals surface area contributed by atoms with Gasteiger partial charge in [-0.25, -0.2) is 0 Å². The lowest BCUT2D eigenvalue weighted by atomic mass is 10.0. The van der Waals surface area contributed by atoms with Crippen molar-refractivity contribution in [1.29, 1.82) is 0 Å². The largest absolute Gasteiger partial charge is 0.496 e. The van der Waals surface area contributed by atoms with Crippen molar-refractivity contribution in [1.82, 2.24) is 0 Å². The normalized spacial score (nSPS) is 13.1. The first-order chi connectivity index (χ1) is 9.58. The van der Waals surface area contributed by atoms with Crippen molar-refractivity contribution in [2.75, 3.05) is 27.9 Å². The van der Waals surface area contributed by atoms with Crippen LogP contribution >= 0.6 is 0 Å². The molecule has 0 saturated carbocycles. The third-order valence-electron chi connectivity index (χ3n) is 2.75. The van der Waals surface area contributed by atoms with Crippen LogP contribution in [0.5, 0.6) is 17.2 Å². The molecule has 8 nitrogen and oxygen atoms in total. The highest BCUT2D eigenvalue weighted by atomic mass is 16.5. The standard InChI is InChI=1S/C12H17N3O5/c1-18-9-5-11(20-3)10(19-2)4-7(9)12(17)8(16)6-14-15-13/h4-5,8,12,16-17H,6H2,1-3H3. The average molecular weight is 283 g/mol. The van der Waals surface area contributed by atoms with Crippen LogP contribution in [-0.4, -0.2) is 44.2 Å². The van der Waals surface area contributed by atoms with Gasteiger partial charge in [0.25, 0.3) is 0 Å². The molecule has 0 heterocycles. The van der Waals surface area contributed by atoms with Gasteiger partial charge in [-0.2, -0.15) is 0 Å². The minimum atomic E-state index is -1.28. The number of hydrogen-bond acceptors (Lipinski definition) is 6. The summed E-state index contributed by atoms with van der Waals surface area (Å²) < 4.78 is 15.4. The van der Waals surface area contributed by atoms with E-state index in [1.54, 1.807) is 0 Å². The van der Waals surface area contributed by atoms with E-state index in [0.29, 0.717) is 22.8 Å². The number of nitrogens with zero attached hydrogens (tertiary/aromatic N) is 3. The van der Waals surface area contributed by atoms with Gasteiger partial charge in [0.05, 0.1) is 34.0 Å². The van der Waals surface area contributed by atoms with Gasteiger partial charge in [0.1, 0.15) is 11.9 Å². The zero-order valence-corrected chi connectivity index (χ0v) is 11.5. The number of ether oxygens (including phenoxy) is 3. The first-order valence-electron chi connectivity index (χ1n) is 5.75. The summed E-state index contributed by atoms with van der Waals surface area (Å²) in [7, 11) is 4.36. The van der Waals surface area contributed by atoms with E-state index in [2.05, 4.69) is 10.0 Å². The molecule has 2 atom stereocenters. The quantitative estimate of drug-likeness (QED) is 0.446. The number of hydrogen-bond donors (Lipinski definition) is 2. The van der Waals surface area contributed by atoms with E-state index in [1.807, 2.05) is 0 Å². The lowest BCUT2D eigenvalue weighted by molar-refractivity contribution is 0.0228. The van der Waals surface area contributed by atoms with Crippen LogP contribution < -0.4 is 14.2 Å². The molecule has 0 aliphatic carbocycles. The Morgan fingerprint density at radius 3 is 2.15 bits per heavy atom. The van der Waals surface area contributed by atoms with E-state index in [0.717, 1.165) is 0 Å². The molecule has 2 unspecified atom stereocenters. The SMILES string of the molecule is COc1cc(OC)c(C(O)C(O)CN=[N+]=[N-])cc1OC. The maximum absolute atomic E-state index is 10.1. The van der Waals surface area contributed by atoms with Crippen LogP contribution in [0.25, 0.3) is 10.4 Å². The maximum Gasteiger partial charge on any atom is 0.164 e. The molecule has 110 valence electrons. The molecule has 0 fully saturated rings. The fourth-order valence-corrected chi connectivity index (χ4v) is 1.71. The van der Waals surface area contributed by atoms with Crippen LogP contribution in [0.4, 0.5) is 0 Å². The Morgan fingerprint density at radius 1 is 1.10 bits per heavy atom. The molecule has 0 spiro atoms. The number of azide groups is 1. The molecular weight excluding hydrogens is 266 g/mol. The highest BCUT2D eigenvalue weighted by Crippen LogP contribution is 2.38. The molecular formula is C12H17N3O5. The van der Waals surface area contributed by atoms with Crippen molar-refractivity contribution in [2.24, 2.45) is 5.11 Å². The lowest BCUT2D eigenvalue weighted by Gasteiger charge is -2.20. The van der Waals surface area contributed by atoms with E-state index < -0.39 is 12.2 Å². The topological polar surface area (TPSA) is 117 Å². The average Bonchev–Trinajstić information content (AvgIpc) is 2.50. The van der Waals surface area contributed by atoms with Gasteiger partial charge in [-0.1, -0.05) is 5.11 Å². The van der Waals surface area contributed by atoms with Crippen LogP contribution in [0.3, 0.4) is 0 Å². The maximum atomic E-state index is 10.1. The summed E-state index contributed by atoms with van der Waals surface area (Å²) in [6.45, 7) is -0.255. The summed E-state index contributed by atoms with van der Waals surface area (Å²) in [4.78, 5) is 2.53. The smallest absolute Gasteiger partial charge is 0.164 e. The third-order valence-corrected chi connectivity index (χ3v) is 2.75. The van der Waals surface area contributed by atoms with Crippen molar-refractivity contribution in [3.8, 4) is 17.2 Å². The summed E-state index contributed by atoms with van der Waals surface area (Å²) >= 11 is 0. The summed E-state index contributed by atoms with van der Waals surface area (Å²) in [5, 5.41) is 23.1. The van der Waals surface area contributed by atoms with Gasteiger partial charge in [0.15, 0.2) is 11.5 Å². The van der Waals surface area contributed by atoms with Gasteiger partial charge in [0.2, 0.25) is 0 Å². The fourth-order valence-electron chi connectivity index (χ4n) is 1.71. The molecule has 1 aromatic rings. The van der Waals surface area contributed by atoms with E-state index >= 15 is 0 Å². The second-order valence-electron chi connectivity index (χ2n) is 3.87. The predicted octanol–water partition coefficient (Wildman–Crippen LogP) is 1.42. The predicted molar refractivity (Wildman–Crippen MR) is 71.1 cm³/mol. The Labute approximate surface area is 116 Å². The number of aliphatic hydroxyl groups excluding tert-OH is 2. The zero-order chi connectivity index (χ0) is 15.1. The van der Waals surface area contributed by atoms with Crippen LogP contribution in [0.15, 0.2) is 17.2 Å². The van der Waals surface area contributed by atoms with E-state index in [4.69, 9.17) is 19.7 Å². The molecule has 0 aromatic heterocycles. The lowest BCUT2D eigenvalue weighted by Crippen LogP contribution is -2.21. The summed E-state index contributed by atoms with van der Waals surface area (Å²) in [5.74, 6) is 1.15. The molecule has 0 aliphatic rings. The molecule has 8 heteroatoms. The summed E-state index contributed by atoms with van der Waals surface area (Å²) in [6, 6.07) is 3.04. The number of rotatable bonds is 7. The zero-order valence-electron chi connectivity index (χ0n) is 11.5. The molecule has 1 rings (SSSR count). The second kappa shape index (κ2) is 7.44. The molecule has 0 amide bonds. The van der Waals surface area contributed by atoms with Gasteiger partial charge >= 0.3 is 0 Å². The van der Waals surface area contributed by atoms with E-state index in [9.17, 15) is 10.2 Å². The van der Waals surface area contributed by atoms with Gasteiger partial charge in [0, 0.05) is 16.5 Å². The van der Waals surface area contributed by atoms with Crippen LogP contribution in [0.1, 0.15) is 11.7 Å². The second-order valence-corrected chi connectivity index (χ2v) is 3.87. The van der Waals surface area contributed by atoms with Gasteiger partial charge in [-0.3, -0.25) is 0 Å². The van der Waals surface area contributed by atoms with Crippen molar-refractivity contribution < 1.29 is 24.4 Å². The Bertz CT molecular complexity index is 502. The van der Waals surface area contributed by atoms with Crippen LogP contribution in [0, 0.1) is 0 Å². The highest BCUT2D eigenvalue weighted by Gasteiger charge is 2.23. The van der Waals surface area contributed by atoms with Crippen molar-refractivity contribution >= 4 is 0 Å². The first kappa shape index (κ1) is 15.9. The van der Waals surface area contributed by atoms with Gasteiger partial charge < -0.3 is 24.4 Å². The Morgan fingerprint density at radius 2 is 1.65 bits per heavy atom. The van der Waals surface area contributed by atoms with Crippen LogP contribution in [-0.2, 0) is 0 Å². The molecule has 20 heavy (non-hydrogen) atoms. The third kappa shape index (κ3) is 3.45. The molecule has 2 N–H and O–H groups in total. The first-order valence-corrected chi connectivity index (χ1v) is 5.75. The minimum Gasteiger partial charge on any atom is -0.496 e. The van der Waals surface area contributed by atoms with Gasteiger partial charge in [-0.05, 0) is 11.6 Å². The van der Waals surface area contributed by atoms with E-state index in [1.165, 1.54) is 33.5 Å².